The average molecular weight is 446 g/mol. The van der Waals surface area contributed by atoms with E-state index in [0.29, 0.717) is 17.0 Å². The number of hydrogen-bond donors (Lipinski definition) is 1. The third-order valence-corrected chi connectivity index (χ3v) is 5.85. The Morgan fingerprint density at radius 3 is 2.12 bits per heavy atom. The summed E-state index contributed by atoms with van der Waals surface area (Å²) in [5.74, 6) is -0.0105. The van der Waals surface area contributed by atoms with Crippen molar-refractivity contribution in [2.45, 2.75) is 13.0 Å². The number of nitrogens with one attached hydrogen (secondary N) is 1. The summed E-state index contributed by atoms with van der Waals surface area (Å²) in [6.07, 6.45) is 1.65. The monoisotopic (exact) mass is 445 g/mol. The zero-order chi connectivity index (χ0) is 23.5. The van der Waals surface area contributed by atoms with Crippen LogP contribution >= 0.6 is 0 Å². The van der Waals surface area contributed by atoms with E-state index in [1.807, 2.05) is 85.8 Å². The summed E-state index contributed by atoms with van der Waals surface area (Å²) in [6, 6.07) is 31.2. The molecule has 0 saturated heterocycles. The van der Waals surface area contributed by atoms with Crippen molar-refractivity contribution in [3.63, 3.8) is 0 Å². The summed E-state index contributed by atoms with van der Waals surface area (Å²) < 4.78 is 0. The maximum Gasteiger partial charge on any atom is 0.277 e. The van der Waals surface area contributed by atoms with E-state index >= 15 is 0 Å². The lowest BCUT2D eigenvalue weighted by Crippen LogP contribution is -2.32. The Bertz CT molecular complexity index is 1350. The van der Waals surface area contributed by atoms with Gasteiger partial charge in [-0.05, 0) is 36.8 Å². The fraction of sp³-hybridized carbons (Fsp3) is 0.0690. The van der Waals surface area contributed by atoms with Crippen LogP contribution in [0.5, 0.6) is 0 Å². The Hall–Kier alpha value is -4.51. The lowest BCUT2D eigenvalue weighted by molar-refractivity contribution is -0.114. The van der Waals surface area contributed by atoms with E-state index in [2.05, 4.69) is 10.3 Å². The number of rotatable bonds is 6. The molecule has 5 nitrogen and oxygen atoms in total. The second-order valence-electron chi connectivity index (χ2n) is 8.15. The summed E-state index contributed by atoms with van der Waals surface area (Å²) in [4.78, 5) is 33.9. The molecule has 3 aromatic carbocycles. The SMILES string of the molecule is Cc1ccc(NC2=C(C(=O)c3ccccc3)[C@H](c3ccccc3)N(c3ccccn3)C2=O)cc1. The van der Waals surface area contributed by atoms with Crippen molar-refractivity contribution in [2.75, 3.05) is 10.2 Å². The van der Waals surface area contributed by atoms with Crippen molar-refractivity contribution in [3.8, 4) is 0 Å². The van der Waals surface area contributed by atoms with E-state index in [1.54, 1.807) is 35.4 Å². The molecule has 0 bridgehead atoms. The van der Waals surface area contributed by atoms with Gasteiger partial charge in [0, 0.05) is 17.4 Å². The molecule has 1 aliphatic heterocycles. The van der Waals surface area contributed by atoms with E-state index in [4.69, 9.17) is 0 Å². The highest BCUT2D eigenvalue weighted by atomic mass is 16.2. The van der Waals surface area contributed by atoms with Crippen LogP contribution in [0.2, 0.25) is 0 Å². The van der Waals surface area contributed by atoms with Gasteiger partial charge in [-0.15, -0.1) is 0 Å². The molecule has 0 aliphatic carbocycles. The normalized spacial score (nSPS) is 15.5. The number of aryl methyl sites for hydroxylation is 1. The molecule has 34 heavy (non-hydrogen) atoms. The molecule has 1 amide bonds. The van der Waals surface area contributed by atoms with Crippen molar-refractivity contribution in [3.05, 3.63) is 137 Å². The Morgan fingerprint density at radius 1 is 0.824 bits per heavy atom. The maximum atomic E-state index is 13.9. The van der Waals surface area contributed by atoms with E-state index in [9.17, 15) is 9.59 Å². The Morgan fingerprint density at radius 2 is 1.47 bits per heavy atom. The van der Waals surface area contributed by atoms with Gasteiger partial charge in [0.05, 0.1) is 11.6 Å². The van der Waals surface area contributed by atoms with Crippen LogP contribution in [0.25, 0.3) is 0 Å². The Balaban J connectivity index is 1.71. The van der Waals surface area contributed by atoms with Crippen molar-refractivity contribution in [1.29, 1.82) is 0 Å². The molecule has 4 aromatic rings. The van der Waals surface area contributed by atoms with Crippen LogP contribution in [0.4, 0.5) is 11.5 Å². The van der Waals surface area contributed by atoms with Gasteiger partial charge in [0.15, 0.2) is 5.78 Å². The highest BCUT2D eigenvalue weighted by Gasteiger charge is 2.44. The standard InChI is InChI=1S/C29H23N3O2/c1-20-15-17-23(18-16-20)31-26-25(28(33)22-12-6-3-7-13-22)27(21-10-4-2-5-11-21)32(29(26)34)24-14-8-9-19-30-24/h2-19,27,31H,1H3/t27-/m0/s1. The number of Topliss-reactive ketones (excluding diaryl/α,β-unsaturated/α-hetero) is 1. The second kappa shape index (κ2) is 9.16. The van der Waals surface area contributed by atoms with E-state index in [-0.39, 0.29) is 17.4 Å². The Kier molecular flexibility index (Phi) is 5.75. The topological polar surface area (TPSA) is 62.3 Å². The summed E-state index contributed by atoms with van der Waals surface area (Å²) in [6.45, 7) is 2.00. The first-order chi connectivity index (χ1) is 16.6. The smallest absolute Gasteiger partial charge is 0.277 e. The molecule has 0 spiro atoms. The minimum absolute atomic E-state index is 0.198. The molecule has 1 aromatic heterocycles. The van der Waals surface area contributed by atoms with Crippen molar-refractivity contribution in [2.24, 2.45) is 0 Å². The lowest BCUT2D eigenvalue weighted by atomic mass is 9.92. The zero-order valence-corrected chi connectivity index (χ0v) is 18.7. The minimum Gasteiger partial charge on any atom is -0.351 e. The first-order valence-electron chi connectivity index (χ1n) is 11.1. The van der Waals surface area contributed by atoms with Crippen LogP contribution in [0.15, 0.2) is 121 Å². The van der Waals surface area contributed by atoms with Gasteiger partial charge in [-0.25, -0.2) is 4.98 Å². The van der Waals surface area contributed by atoms with Crippen LogP contribution < -0.4 is 10.2 Å². The van der Waals surface area contributed by atoms with Crippen LogP contribution in [0.1, 0.15) is 27.5 Å². The second-order valence-corrected chi connectivity index (χ2v) is 8.15. The third-order valence-electron chi connectivity index (χ3n) is 5.85. The quantitative estimate of drug-likeness (QED) is 0.385. The van der Waals surface area contributed by atoms with Crippen molar-refractivity contribution >= 4 is 23.2 Å². The maximum absolute atomic E-state index is 13.9. The zero-order valence-electron chi connectivity index (χ0n) is 18.7. The summed E-state index contributed by atoms with van der Waals surface area (Å²) >= 11 is 0. The van der Waals surface area contributed by atoms with Crippen LogP contribution in [-0.2, 0) is 4.79 Å². The number of carbonyl (C=O) groups excluding carboxylic acids is 2. The van der Waals surface area contributed by atoms with Gasteiger partial charge < -0.3 is 5.32 Å². The molecule has 1 N–H and O–H groups in total. The van der Waals surface area contributed by atoms with Gasteiger partial charge in [0.1, 0.15) is 11.5 Å². The van der Waals surface area contributed by atoms with Crippen molar-refractivity contribution in [1.82, 2.24) is 4.98 Å². The predicted molar refractivity (Wildman–Crippen MR) is 134 cm³/mol. The number of benzene rings is 3. The first kappa shape index (κ1) is 21.3. The molecular formula is C29H23N3O2. The molecule has 0 radical (unpaired) electrons. The summed E-state index contributed by atoms with van der Waals surface area (Å²) in [5.41, 5.74) is 3.86. The van der Waals surface area contributed by atoms with Crippen LogP contribution in [-0.4, -0.2) is 16.7 Å². The molecule has 1 aliphatic rings. The lowest BCUT2D eigenvalue weighted by Gasteiger charge is -2.26. The number of ketones is 1. The molecule has 0 saturated carbocycles. The highest BCUT2D eigenvalue weighted by Crippen LogP contribution is 2.42. The van der Waals surface area contributed by atoms with Gasteiger partial charge in [-0.2, -0.15) is 0 Å². The summed E-state index contributed by atoms with van der Waals surface area (Å²) in [5, 5.41) is 3.26. The van der Waals surface area contributed by atoms with Crippen LogP contribution in [0.3, 0.4) is 0 Å². The van der Waals surface area contributed by atoms with Gasteiger partial charge in [0.2, 0.25) is 0 Å². The molecule has 0 unspecified atom stereocenters. The number of carbonyl (C=O) groups is 2. The van der Waals surface area contributed by atoms with E-state index < -0.39 is 6.04 Å². The number of nitrogens with zero attached hydrogens (tertiary/aromatic N) is 2. The Labute approximate surface area is 198 Å². The average Bonchev–Trinajstić information content (AvgIpc) is 3.18. The molecule has 5 heteroatoms. The van der Waals surface area contributed by atoms with Crippen LogP contribution in [0, 0.1) is 6.92 Å². The molecule has 166 valence electrons. The first-order valence-corrected chi connectivity index (χ1v) is 11.1. The number of aromatic nitrogens is 1. The van der Waals surface area contributed by atoms with Crippen molar-refractivity contribution < 1.29 is 9.59 Å². The molecule has 5 rings (SSSR count). The fourth-order valence-electron chi connectivity index (χ4n) is 4.19. The molecular weight excluding hydrogens is 422 g/mol. The molecule has 2 heterocycles. The predicted octanol–water partition coefficient (Wildman–Crippen LogP) is 5.73. The molecule has 0 fully saturated rings. The number of amides is 1. The van der Waals surface area contributed by atoms with E-state index in [1.165, 1.54) is 0 Å². The van der Waals surface area contributed by atoms with Gasteiger partial charge in [0.25, 0.3) is 5.91 Å². The van der Waals surface area contributed by atoms with E-state index in [0.717, 1.165) is 16.8 Å². The van der Waals surface area contributed by atoms with Gasteiger partial charge in [-0.1, -0.05) is 84.4 Å². The van der Waals surface area contributed by atoms with Gasteiger partial charge >= 0.3 is 0 Å². The molecule has 1 atom stereocenters. The summed E-state index contributed by atoms with van der Waals surface area (Å²) in [7, 11) is 0. The number of hydrogen-bond acceptors (Lipinski definition) is 4. The third kappa shape index (κ3) is 3.99. The highest BCUT2D eigenvalue weighted by molar-refractivity contribution is 6.22. The van der Waals surface area contributed by atoms with Gasteiger partial charge in [-0.3, -0.25) is 14.5 Å². The minimum atomic E-state index is -0.621. The fourth-order valence-corrected chi connectivity index (χ4v) is 4.19. The largest absolute Gasteiger partial charge is 0.351 e. The number of pyridine rings is 1. The number of anilines is 2.